The number of esters is 1. The zero-order chi connectivity index (χ0) is 34.6. The van der Waals surface area contributed by atoms with Gasteiger partial charge in [0.15, 0.2) is 5.75 Å². The van der Waals surface area contributed by atoms with Crippen LogP contribution in [0.1, 0.15) is 79.1 Å². The Morgan fingerprint density at radius 1 is 0.936 bits per heavy atom. The summed E-state index contributed by atoms with van der Waals surface area (Å²) in [6.45, 7) is 3.60. The minimum atomic E-state index is -5.08. The number of carbonyl (C=O) groups excluding carboxylic acids is 1. The second-order valence-electron chi connectivity index (χ2n) is 10.8. The Balaban J connectivity index is 1.70. The number of alkyl halides is 9. The van der Waals surface area contributed by atoms with Gasteiger partial charge in [0, 0.05) is 24.6 Å². The predicted molar refractivity (Wildman–Crippen MR) is 153 cm³/mol. The van der Waals surface area contributed by atoms with Gasteiger partial charge < -0.3 is 20.1 Å². The molecule has 0 amide bonds. The van der Waals surface area contributed by atoms with Gasteiger partial charge in [0.2, 0.25) is 5.95 Å². The van der Waals surface area contributed by atoms with Gasteiger partial charge in [-0.15, -0.1) is 0 Å². The first kappa shape index (κ1) is 35.6. The van der Waals surface area contributed by atoms with Crippen LogP contribution in [-0.2, 0) is 34.5 Å². The van der Waals surface area contributed by atoms with Crippen LogP contribution in [0.5, 0.6) is 5.75 Å². The Bertz CT molecular complexity index is 1530. The molecule has 1 aromatic heterocycles. The molecule has 16 heteroatoms. The van der Waals surface area contributed by atoms with Crippen molar-refractivity contribution in [1.82, 2.24) is 9.97 Å². The average Bonchev–Trinajstić information content (AvgIpc) is 2.98. The summed E-state index contributed by atoms with van der Waals surface area (Å²) in [5, 5.41) is 6.18. The van der Waals surface area contributed by atoms with E-state index in [4.69, 9.17) is 9.47 Å². The molecule has 7 nitrogen and oxygen atoms in total. The number of nitrogens with zero attached hydrogens (tertiary/aromatic N) is 2. The van der Waals surface area contributed by atoms with E-state index in [0.29, 0.717) is 30.7 Å². The van der Waals surface area contributed by atoms with Gasteiger partial charge in [-0.1, -0.05) is 6.92 Å². The minimum absolute atomic E-state index is 0.0111. The van der Waals surface area contributed by atoms with E-state index < -0.39 is 53.7 Å². The first-order valence-electron chi connectivity index (χ1n) is 14.6. The summed E-state index contributed by atoms with van der Waals surface area (Å²) in [4.78, 5) is 20.2. The van der Waals surface area contributed by atoms with E-state index in [1.807, 2.05) is 6.92 Å². The number of rotatable bonds is 11. The molecule has 0 aliphatic carbocycles. The molecule has 47 heavy (non-hydrogen) atoms. The largest absolute Gasteiger partial charge is 0.490 e. The Morgan fingerprint density at radius 2 is 1.60 bits per heavy atom. The van der Waals surface area contributed by atoms with Gasteiger partial charge >= 0.3 is 24.5 Å². The monoisotopic (exact) mass is 678 g/mol. The molecule has 0 saturated heterocycles. The molecule has 0 radical (unpaired) electrons. The maximum Gasteiger partial charge on any atom is 0.416 e. The van der Waals surface area contributed by atoms with Gasteiger partial charge in [-0.25, -0.2) is 9.97 Å². The minimum Gasteiger partial charge on any atom is -0.490 e. The molecule has 0 saturated carbocycles. The number of aromatic nitrogens is 2. The first-order chi connectivity index (χ1) is 22.0. The Morgan fingerprint density at radius 3 is 2.19 bits per heavy atom. The second kappa shape index (κ2) is 14.3. The fourth-order valence-electron chi connectivity index (χ4n) is 5.08. The molecule has 2 atom stereocenters. The smallest absolute Gasteiger partial charge is 0.416 e. The highest BCUT2D eigenvalue weighted by molar-refractivity contribution is 5.69. The van der Waals surface area contributed by atoms with Crippen molar-refractivity contribution in [3.8, 4) is 5.75 Å². The van der Waals surface area contributed by atoms with Gasteiger partial charge in [-0.2, -0.15) is 39.5 Å². The van der Waals surface area contributed by atoms with Gasteiger partial charge in [0.25, 0.3) is 0 Å². The van der Waals surface area contributed by atoms with E-state index in [0.717, 1.165) is 12.1 Å². The average molecular weight is 679 g/mol. The molecular weight excluding hydrogens is 647 g/mol. The van der Waals surface area contributed by atoms with Gasteiger partial charge in [0.1, 0.15) is 0 Å². The number of carbonyl (C=O) groups is 1. The van der Waals surface area contributed by atoms with Crippen LogP contribution < -0.4 is 15.4 Å². The molecule has 256 valence electrons. The molecular formula is C31H31F9N4O3. The SMILES string of the molecule is CCOC(=O)CCCOc1cnc(N[C@H]2C[C@@H](CC)Nc3ccc(C(F)(F)F)cc32)nc1Cc1cc(C(F)(F)F)cc(C(F)(F)F)c1. The molecule has 0 spiro atoms. The number of nitrogens with one attached hydrogen (secondary N) is 2. The number of fused-ring (bicyclic) bond motifs is 1. The molecule has 2 aromatic carbocycles. The van der Waals surface area contributed by atoms with Crippen molar-refractivity contribution < 1.29 is 53.8 Å². The van der Waals surface area contributed by atoms with E-state index in [1.165, 1.54) is 12.3 Å². The maximum atomic E-state index is 13.5. The molecule has 2 N–H and O–H groups in total. The van der Waals surface area contributed by atoms with Crippen molar-refractivity contribution in [1.29, 1.82) is 0 Å². The van der Waals surface area contributed by atoms with Crippen molar-refractivity contribution in [2.24, 2.45) is 0 Å². The summed E-state index contributed by atoms with van der Waals surface area (Å²) in [6.07, 6.45) is -13.0. The highest BCUT2D eigenvalue weighted by atomic mass is 19.4. The summed E-state index contributed by atoms with van der Waals surface area (Å²) in [5.74, 6) is -0.689. The second-order valence-corrected chi connectivity index (χ2v) is 10.8. The van der Waals surface area contributed by atoms with E-state index in [2.05, 4.69) is 20.6 Å². The third kappa shape index (κ3) is 9.41. The number of ether oxygens (including phenoxy) is 2. The van der Waals surface area contributed by atoms with Crippen molar-refractivity contribution >= 4 is 17.6 Å². The predicted octanol–water partition coefficient (Wildman–Crippen LogP) is 8.59. The topological polar surface area (TPSA) is 85.4 Å². The fourth-order valence-corrected chi connectivity index (χ4v) is 5.08. The highest BCUT2D eigenvalue weighted by Crippen LogP contribution is 2.40. The lowest BCUT2D eigenvalue weighted by molar-refractivity contribution is -0.144. The number of halogens is 9. The normalized spacial score (nSPS) is 16.7. The van der Waals surface area contributed by atoms with Crippen LogP contribution in [-0.4, -0.2) is 35.2 Å². The molecule has 4 rings (SSSR count). The lowest BCUT2D eigenvalue weighted by atomic mass is 9.90. The highest BCUT2D eigenvalue weighted by Gasteiger charge is 2.37. The van der Waals surface area contributed by atoms with Crippen LogP contribution in [0, 0.1) is 0 Å². The zero-order valence-electron chi connectivity index (χ0n) is 25.2. The van der Waals surface area contributed by atoms with Crippen LogP contribution in [0.15, 0.2) is 42.6 Å². The van der Waals surface area contributed by atoms with Crippen LogP contribution in [0.2, 0.25) is 0 Å². The van der Waals surface area contributed by atoms with E-state index in [9.17, 15) is 44.3 Å². The fraction of sp³-hybridized carbons (Fsp3) is 0.452. The van der Waals surface area contributed by atoms with Crippen LogP contribution >= 0.6 is 0 Å². The third-order valence-corrected chi connectivity index (χ3v) is 7.37. The van der Waals surface area contributed by atoms with Crippen LogP contribution in [0.25, 0.3) is 0 Å². The molecule has 0 unspecified atom stereocenters. The molecule has 3 aromatic rings. The number of hydrogen-bond acceptors (Lipinski definition) is 7. The standard InChI is InChI=1S/C31H31F9N4O3/c1-3-21-15-24(22-14-18(29(32,33)34)7-8-23(22)42-21)43-28-41-16-26(47-9-5-6-27(45)46-4-2)25(44-28)12-17-10-19(30(35,36)37)13-20(11-17)31(38,39)40/h7-8,10-11,13-14,16,21,24,42H,3-6,9,12,15H2,1-2H3,(H,41,43,44)/t21-,24+/m1/s1. The molecule has 0 fully saturated rings. The Kier molecular flexibility index (Phi) is 10.8. The zero-order valence-corrected chi connectivity index (χ0v) is 25.2. The number of hydrogen-bond donors (Lipinski definition) is 2. The number of benzene rings is 2. The molecule has 0 bridgehead atoms. The van der Waals surface area contributed by atoms with Crippen molar-refractivity contribution in [3.63, 3.8) is 0 Å². The molecule has 1 aliphatic rings. The summed E-state index contributed by atoms with van der Waals surface area (Å²) in [5.41, 5.74) is -3.62. The maximum absolute atomic E-state index is 13.5. The van der Waals surface area contributed by atoms with E-state index >= 15 is 0 Å². The van der Waals surface area contributed by atoms with Crippen molar-refractivity contribution in [2.75, 3.05) is 23.8 Å². The molecule has 2 heterocycles. The van der Waals surface area contributed by atoms with Gasteiger partial charge in [-0.05, 0) is 73.7 Å². The summed E-state index contributed by atoms with van der Waals surface area (Å²) < 4.78 is 132. The van der Waals surface area contributed by atoms with Crippen LogP contribution in [0.4, 0.5) is 51.1 Å². The van der Waals surface area contributed by atoms with Gasteiger partial charge in [-0.3, -0.25) is 4.79 Å². The summed E-state index contributed by atoms with van der Waals surface area (Å²) >= 11 is 0. The summed E-state index contributed by atoms with van der Waals surface area (Å²) in [6, 6.07) is 3.56. The third-order valence-electron chi connectivity index (χ3n) is 7.37. The number of anilines is 2. The lowest BCUT2D eigenvalue weighted by Gasteiger charge is -2.34. The van der Waals surface area contributed by atoms with E-state index in [-0.39, 0.29) is 66.7 Å². The van der Waals surface area contributed by atoms with Crippen molar-refractivity contribution in [3.05, 3.63) is 76.1 Å². The first-order valence-corrected chi connectivity index (χ1v) is 14.6. The lowest BCUT2D eigenvalue weighted by Crippen LogP contribution is -2.31. The van der Waals surface area contributed by atoms with Crippen molar-refractivity contribution in [2.45, 2.75) is 76.6 Å². The summed E-state index contributed by atoms with van der Waals surface area (Å²) in [7, 11) is 0. The Hall–Kier alpha value is -4.24. The van der Waals surface area contributed by atoms with Gasteiger partial charge in [0.05, 0.1) is 47.8 Å². The quantitative estimate of drug-likeness (QED) is 0.119. The molecule has 1 aliphatic heterocycles. The van der Waals surface area contributed by atoms with Crippen LogP contribution in [0.3, 0.4) is 0 Å². The van der Waals surface area contributed by atoms with E-state index in [1.54, 1.807) is 6.92 Å². The Labute approximate surface area is 263 Å².